The number of imidazole rings is 1. The predicted molar refractivity (Wildman–Crippen MR) is 246 cm³/mol. The molecule has 15 nitrogen and oxygen atoms in total. The molecule has 69 heavy (non-hydrogen) atoms. The van der Waals surface area contributed by atoms with E-state index in [4.69, 9.17) is 4.74 Å². The number of hydrogen-bond donors (Lipinski definition) is 2. The minimum atomic E-state index is -4.86. The predicted octanol–water partition coefficient (Wildman–Crippen LogP) is 10.7. The van der Waals surface area contributed by atoms with E-state index >= 15 is 0 Å². The summed E-state index contributed by atoms with van der Waals surface area (Å²) in [6.07, 6.45) is -3.05. The molecule has 1 aliphatic rings. The summed E-state index contributed by atoms with van der Waals surface area (Å²) in [4.78, 5) is 45.2. The highest BCUT2D eigenvalue weighted by Gasteiger charge is 2.40. The van der Waals surface area contributed by atoms with Crippen LogP contribution in [0.5, 0.6) is 11.6 Å². The number of fused-ring (bicyclic) bond motifs is 2. The summed E-state index contributed by atoms with van der Waals surface area (Å²) in [5.74, 6) is 0.270. The smallest absolute Gasteiger partial charge is 0.481 e. The number of amides is 2. The highest BCUT2D eigenvalue weighted by Crippen LogP contribution is 2.40. The van der Waals surface area contributed by atoms with Gasteiger partial charge in [0, 0.05) is 41.9 Å². The Bertz CT molecular complexity index is 3090. The molecule has 1 aliphatic heterocycles. The van der Waals surface area contributed by atoms with Crippen LogP contribution in [0.25, 0.3) is 33.8 Å². The number of pyridine rings is 2. The van der Waals surface area contributed by atoms with Gasteiger partial charge >= 0.3 is 12.5 Å². The van der Waals surface area contributed by atoms with Crippen LogP contribution < -0.4 is 25.0 Å². The summed E-state index contributed by atoms with van der Waals surface area (Å²) in [5.41, 5.74) is 0.499. The van der Waals surface area contributed by atoms with Crippen LogP contribution in [0.2, 0.25) is 0 Å². The summed E-state index contributed by atoms with van der Waals surface area (Å²) in [6, 6.07) is 25.6. The molecule has 21 heteroatoms. The van der Waals surface area contributed by atoms with Gasteiger partial charge in [-0.1, -0.05) is 70.2 Å². The molecule has 1 fully saturated rings. The maximum absolute atomic E-state index is 13.5. The number of aromatic nitrogens is 8. The van der Waals surface area contributed by atoms with Gasteiger partial charge in [-0.15, -0.1) is 13.2 Å². The average molecular weight is 954 g/mol. The number of anilines is 3. The fourth-order valence-corrected chi connectivity index (χ4v) is 7.45. The molecule has 2 aromatic carbocycles. The standard InChI is InChI=1S/C26H25F3N6O.C20H14F3N5O3.C2H6/c1-3-25(4-2)15-34(16-25)23-11-7-10-21(31-23)32-24(36)20-14-30-22-13-12-19(33-35(20)22)17-8-5-6-9-18(17)26(27,28)29;1-30-17-8-4-7-16(26-17)27-19(29)13-11-24-28-10-9-14(25-18(13)28)12-5-2-3-6-15(12)31-20(21,22)23;1-2/h5-14H,3-4,15-16H2,1-2H3,(H,31,32,36);2-11H,1H3,(H,26,27,29);1-2H3. The Labute approximate surface area is 391 Å². The van der Waals surface area contributed by atoms with Gasteiger partial charge in [0.2, 0.25) is 5.88 Å². The van der Waals surface area contributed by atoms with Gasteiger partial charge in [0.05, 0.1) is 36.5 Å². The van der Waals surface area contributed by atoms with Crippen LogP contribution in [0.3, 0.4) is 0 Å². The Morgan fingerprint density at radius 3 is 2.09 bits per heavy atom. The summed E-state index contributed by atoms with van der Waals surface area (Å²) < 4.78 is 90.5. The number of hydrogen-bond acceptors (Lipinski definition) is 11. The number of benzene rings is 2. The number of carbonyl (C=O) groups is 2. The zero-order chi connectivity index (χ0) is 49.5. The lowest BCUT2D eigenvalue weighted by atomic mass is 9.75. The van der Waals surface area contributed by atoms with Crippen molar-refractivity contribution in [1.82, 2.24) is 39.2 Å². The molecule has 2 amide bonds. The van der Waals surface area contributed by atoms with Crippen molar-refractivity contribution in [3.05, 3.63) is 139 Å². The van der Waals surface area contributed by atoms with Gasteiger partial charge in [-0.05, 0) is 67.4 Å². The molecule has 358 valence electrons. The average Bonchev–Trinajstić information content (AvgIpc) is 3.96. The Kier molecular flexibility index (Phi) is 14.4. The third kappa shape index (κ3) is 11.0. The molecule has 9 rings (SSSR count). The Morgan fingerprint density at radius 1 is 0.725 bits per heavy atom. The van der Waals surface area contributed by atoms with E-state index < -0.39 is 35.7 Å². The zero-order valence-electron chi connectivity index (χ0n) is 37.8. The summed E-state index contributed by atoms with van der Waals surface area (Å²) in [5, 5.41) is 13.8. The quantitative estimate of drug-likeness (QED) is 0.119. The van der Waals surface area contributed by atoms with Crippen LogP contribution in [-0.2, 0) is 6.18 Å². The number of carbonyl (C=O) groups excluding carboxylic acids is 2. The summed E-state index contributed by atoms with van der Waals surface area (Å²) >= 11 is 0. The molecule has 1 saturated heterocycles. The molecule has 0 bridgehead atoms. The van der Waals surface area contributed by atoms with Crippen molar-refractivity contribution in [2.45, 2.75) is 53.1 Å². The second-order valence-corrected chi connectivity index (χ2v) is 15.3. The first-order valence-electron chi connectivity index (χ1n) is 21.6. The number of alkyl halides is 6. The van der Waals surface area contributed by atoms with Gasteiger partial charge in [0.25, 0.3) is 11.8 Å². The van der Waals surface area contributed by atoms with Crippen LogP contribution >= 0.6 is 0 Å². The van der Waals surface area contributed by atoms with Gasteiger partial charge in [0.15, 0.2) is 17.0 Å². The van der Waals surface area contributed by atoms with Crippen molar-refractivity contribution in [1.29, 1.82) is 0 Å². The third-order valence-corrected chi connectivity index (χ3v) is 11.1. The van der Waals surface area contributed by atoms with Gasteiger partial charge in [-0.2, -0.15) is 28.4 Å². The van der Waals surface area contributed by atoms with E-state index in [0.717, 1.165) is 37.8 Å². The molecular weight excluding hydrogens is 909 g/mol. The van der Waals surface area contributed by atoms with Gasteiger partial charge in [0.1, 0.15) is 28.8 Å². The second kappa shape index (κ2) is 20.4. The van der Waals surface area contributed by atoms with E-state index in [1.807, 2.05) is 26.0 Å². The van der Waals surface area contributed by atoms with E-state index in [9.17, 15) is 35.9 Å². The monoisotopic (exact) mass is 953 g/mol. The van der Waals surface area contributed by atoms with Crippen molar-refractivity contribution in [2.24, 2.45) is 5.41 Å². The number of para-hydroxylation sites is 1. The molecule has 0 radical (unpaired) electrons. The molecule has 0 unspecified atom stereocenters. The lowest BCUT2D eigenvalue weighted by Crippen LogP contribution is -2.56. The molecule has 0 atom stereocenters. The van der Waals surface area contributed by atoms with E-state index in [1.165, 1.54) is 89.3 Å². The number of rotatable bonds is 11. The lowest BCUT2D eigenvalue weighted by Gasteiger charge is -2.50. The Hall–Kier alpha value is -8.10. The topological polar surface area (TPSA) is 166 Å². The van der Waals surface area contributed by atoms with E-state index in [2.05, 4.69) is 64.3 Å². The number of nitrogens with zero attached hydrogens (tertiary/aromatic N) is 9. The van der Waals surface area contributed by atoms with Crippen molar-refractivity contribution in [3.63, 3.8) is 0 Å². The lowest BCUT2D eigenvalue weighted by molar-refractivity contribution is -0.274. The summed E-state index contributed by atoms with van der Waals surface area (Å²) in [6.45, 7) is 10.2. The molecule has 8 aromatic rings. The van der Waals surface area contributed by atoms with Crippen molar-refractivity contribution in [3.8, 4) is 34.1 Å². The second-order valence-electron chi connectivity index (χ2n) is 15.3. The van der Waals surface area contributed by atoms with Crippen LogP contribution in [0.4, 0.5) is 43.8 Å². The van der Waals surface area contributed by atoms with Crippen LogP contribution in [0.1, 0.15) is 66.9 Å². The summed E-state index contributed by atoms with van der Waals surface area (Å²) in [7, 11) is 1.45. The maximum atomic E-state index is 13.5. The molecule has 0 spiro atoms. The maximum Gasteiger partial charge on any atom is 0.573 e. The number of halogens is 6. The number of methoxy groups -OCH3 is 1. The van der Waals surface area contributed by atoms with Gasteiger partial charge < -0.3 is 25.0 Å². The highest BCUT2D eigenvalue weighted by molar-refractivity contribution is 6.08. The fourth-order valence-electron chi connectivity index (χ4n) is 7.45. The molecule has 0 aliphatic carbocycles. The molecule has 2 N–H and O–H groups in total. The van der Waals surface area contributed by atoms with E-state index in [1.54, 1.807) is 30.3 Å². The number of nitrogens with one attached hydrogen (secondary N) is 2. The van der Waals surface area contributed by atoms with Crippen LogP contribution in [0.15, 0.2) is 122 Å². The van der Waals surface area contributed by atoms with Crippen molar-refractivity contribution < 1.29 is 45.4 Å². The highest BCUT2D eigenvalue weighted by atomic mass is 19.4. The first-order chi connectivity index (χ1) is 33.1. The van der Waals surface area contributed by atoms with E-state index in [0.29, 0.717) is 22.8 Å². The first-order valence-corrected chi connectivity index (χ1v) is 21.6. The van der Waals surface area contributed by atoms with Gasteiger partial charge in [-0.3, -0.25) is 9.59 Å². The van der Waals surface area contributed by atoms with Gasteiger partial charge in [-0.25, -0.2) is 24.0 Å². The molecular formula is C48H45F6N11O4. The zero-order valence-corrected chi connectivity index (χ0v) is 37.8. The number of ether oxygens (including phenoxy) is 2. The van der Waals surface area contributed by atoms with Crippen LogP contribution in [0, 0.1) is 5.41 Å². The minimum Gasteiger partial charge on any atom is -0.481 e. The SMILES string of the molecule is CC.CCC1(CC)CN(c2cccc(NC(=O)c3cnc4ccc(-c5ccccc5C(F)(F)F)nn34)n2)C1.COc1cccc(NC(=O)c2cnn3ccc(-c4ccccc4OC(F)(F)F)nc23)n1. The minimum absolute atomic E-state index is 0.0777. The fraction of sp³-hybridized carbons (Fsp3) is 0.250. The normalized spacial score (nSPS) is 13.1. The molecule has 0 saturated carbocycles. The largest absolute Gasteiger partial charge is 0.573 e. The van der Waals surface area contributed by atoms with E-state index in [-0.39, 0.29) is 45.2 Å². The van der Waals surface area contributed by atoms with Crippen molar-refractivity contribution in [2.75, 3.05) is 35.7 Å². The van der Waals surface area contributed by atoms with Crippen LogP contribution in [-0.4, -0.2) is 77.5 Å². The molecule has 6 aromatic heterocycles. The Morgan fingerprint density at radius 2 is 1.39 bits per heavy atom. The first kappa shape index (κ1) is 48.8. The Balaban J connectivity index is 0.000000199. The van der Waals surface area contributed by atoms with Crippen molar-refractivity contribution >= 4 is 40.6 Å². The third-order valence-electron chi connectivity index (χ3n) is 11.1. The molecule has 7 heterocycles.